The van der Waals surface area contributed by atoms with E-state index in [2.05, 4.69) is 20.5 Å². The average molecular weight is 223 g/mol. The predicted octanol–water partition coefficient (Wildman–Crippen LogP) is -1.20. The average Bonchev–Trinajstić information content (AvgIpc) is 2.76. The maximum Gasteiger partial charge on any atom is 0.177 e. The van der Waals surface area contributed by atoms with Crippen molar-refractivity contribution in [2.75, 3.05) is 5.73 Å². The number of hydrogen-bond donors (Lipinski definition) is 2. The molecule has 3 N–H and O–H groups in total. The molecule has 0 bridgehead atoms. The molecule has 2 aromatic heterocycles. The van der Waals surface area contributed by atoms with Crippen LogP contribution < -0.4 is 5.73 Å². The lowest BCUT2D eigenvalue weighted by molar-refractivity contribution is 0.176. The molecule has 0 saturated carbocycles. The largest absolute Gasteiger partial charge is 0.388 e. The Morgan fingerprint density at radius 2 is 2.25 bits per heavy atom. The van der Waals surface area contributed by atoms with Gasteiger partial charge in [0, 0.05) is 19.0 Å². The minimum Gasteiger partial charge on any atom is -0.388 e. The van der Waals surface area contributed by atoms with E-state index in [1.165, 1.54) is 15.7 Å². The molecule has 0 saturated heterocycles. The number of hydrogen-bond acceptors (Lipinski definition) is 6. The van der Waals surface area contributed by atoms with Gasteiger partial charge in [0.25, 0.3) is 0 Å². The zero-order chi connectivity index (χ0) is 11.7. The lowest BCUT2D eigenvalue weighted by Crippen LogP contribution is -2.07. The van der Waals surface area contributed by atoms with Gasteiger partial charge in [0.15, 0.2) is 5.82 Å². The molecule has 0 amide bonds. The molecule has 0 aromatic carbocycles. The fourth-order valence-corrected chi connectivity index (χ4v) is 1.41. The van der Waals surface area contributed by atoms with Gasteiger partial charge in [-0.3, -0.25) is 4.68 Å². The Bertz CT molecular complexity index is 488. The first-order valence-electron chi connectivity index (χ1n) is 4.76. The summed E-state index contributed by atoms with van der Waals surface area (Å²) in [7, 11) is 3.38. The quantitative estimate of drug-likeness (QED) is 0.676. The maximum absolute atomic E-state index is 9.93. The van der Waals surface area contributed by atoms with Crippen molar-refractivity contribution in [3.05, 3.63) is 17.6 Å². The predicted molar refractivity (Wildman–Crippen MR) is 55.1 cm³/mol. The van der Waals surface area contributed by atoms with Crippen molar-refractivity contribution in [3.63, 3.8) is 0 Å². The first kappa shape index (κ1) is 10.6. The van der Waals surface area contributed by atoms with Crippen LogP contribution in [0.2, 0.25) is 0 Å². The Morgan fingerprint density at radius 1 is 1.50 bits per heavy atom. The molecule has 0 radical (unpaired) electrons. The highest BCUT2D eigenvalue weighted by molar-refractivity contribution is 5.40. The first-order valence-corrected chi connectivity index (χ1v) is 4.76. The molecule has 0 aliphatic carbocycles. The molecule has 8 nitrogen and oxygen atoms in total. The summed E-state index contributed by atoms with van der Waals surface area (Å²) < 4.78 is 1.50. The van der Waals surface area contributed by atoms with Crippen LogP contribution in [0.15, 0.2) is 6.20 Å². The number of anilines is 1. The van der Waals surface area contributed by atoms with Gasteiger partial charge in [0.1, 0.15) is 5.82 Å². The molecule has 0 aliphatic heterocycles. The normalized spacial score (nSPS) is 12.9. The first-order chi connectivity index (χ1) is 7.58. The fraction of sp³-hybridized carbons (Fsp3) is 0.500. The number of nitrogens with zero attached hydrogens (tertiary/aromatic N) is 6. The van der Waals surface area contributed by atoms with Crippen molar-refractivity contribution in [1.82, 2.24) is 30.0 Å². The molecule has 0 fully saturated rings. The summed E-state index contributed by atoms with van der Waals surface area (Å²) in [6, 6.07) is 0. The van der Waals surface area contributed by atoms with Gasteiger partial charge in [-0.05, 0) is 5.21 Å². The Labute approximate surface area is 91.7 Å². The van der Waals surface area contributed by atoms with Gasteiger partial charge in [-0.15, -0.1) is 10.2 Å². The van der Waals surface area contributed by atoms with Crippen LogP contribution in [0.5, 0.6) is 0 Å². The molecule has 0 aliphatic rings. The second-order valence-corrected chi connectivity index (χ2v) is 3.52. The third kappa shape index (κ3) is 1.87. The standard InChI is InChI=1S/C8H13N7O/c1-14-8(9)5(4-10-14)6(16)3-7-11-13-15(2)12-7/h4,6,16H,3,9H2,1-2H3. The van der Waals surface area contributed by atoms with E-state index in [1.807, 2.05) is 0 Å². The zero-order valence-electron chi connectivity index (χ0n) is 9.07. The molecule has 8 heteroatoms. The lowest BCUT2D eigenvalue weighted by Gasteiger charge is -2.06. The minimum atomic E-state index is -0.766. The van der Waals surface area contributed by atoms with Crippen molar-refractivity contribution in [1.29, 1.82) is 0 Å². The molecule has 2 rings (SSSR count). The number of tetrazole rings is 1. The third-order valence-corrected chi connectivity index (χ3v) is 2.30. The molecule has 0 spiro atoms. The van der Waals surface area contributed by atoms with Crippen molar-refractivity contribution in [3.8, 4) is 0 Å². The van der Waals surface area contributed by atoms with Gasteiger partial charge in [0.05, 0.1) is 19.3 Å². The van der Waals surface area contributed by atoms with Crippen LogP contribution in [0, 0.1) is 0 Å². The Balaban J connectivity index is 2.14. The second kappa shape index (κ2) is 3.89. The Kier molecular flexibility index (Phi) is 2.57. The lowest BCUT2D eigenvalue weighted by atomic mass is 10.1. The molecule has 2 heterocycles. The molecule has 1 unspecified atom stereocenters. The minimum absolute atomic E-state index is 0.268. The maximum atomic E-state index is 9.93. The molecular weight excluding hydrogens is 210 g/mol. The number of nitrogens with two attached hydrogens (primary N) is 1. The van der Waals surface area contributed by atoms with E-state index in [1.54, 1.807) is 14.1 Å². The van der Waals surface area contributed by atoms with E-state index in [-0.39, 0.29) is 6.42 Å². The van der Waals surface area contributed by atoms with Gasteiger partial charge in [0.2, 0.25) is 0 Å². The van der Waals surface area contributed by atoms with Crippen molar-refractivity contribution >= 4 is 5.82 Å². The highest BCUT2D eigenvalue weighted by Crippen LogP contribution is 2.21. The van der Waals surface area contributed by atoms with Gasteiger partial charge < -0.3 is 10.8 Å². The Hall–Kier alpha value is -1.96. The van der Waals surface area contributed by atoms with E-state index in [9.17, 15) is 5.11 Å². The number of aliphatic hydroxyl groups is 1. The molecule has 16 heavy (non-hydrogen) atoms. The third-order valence-electron chi connectivity index (χ3n) is 2.30. The van der Waals surface area contributed by atoms with Crippen LogP contribution in [0.3, 0.4) is 0 Å². The van der Waals surface area contributed by atoms with Crippen LogP contribution in [0.25, 0.3) is 0 Å². The number of aromatic nitrogens is 6. The fourth-order valence-electron chi connectivity index (χ4n) is 1.41. The molecule has 86 valence electrons. The summed E-state index contributed by atoms with van der Waals surface area (Å²) in [6.07, 6.45) is 1.04. The summed E-state index contributed by atoms with van der Waals surface area (Å²) in [6.45, 7) is 0. The van der Waals surface area contributed by atoms with Crippen molar-refractivity contribution in [2.24, 2.45) is 14.1 Å². The van der Waals surface area contributed by atoms with Gasteiger partial charge in [-0.25, -0.2) is 0 Å². The summed E-state index contributed by atoms with van der Waals surface area (Å²) in [5.41, 5.74) is 6.32. The molecule has 2 aromatic rings. The summed E-state index contributed by atoms with van der Waals surface area (Å²) in [4.78, 5) is 1.34. The van der Waals surface area contributed by atoms with Gasteiger partial charge in [-0.1, -0.05) is 0 Å². The molecule has 1 atom stereocenters. The number of aliphatic hydroxyl groups excluding tert-OH is 1. The smallest absolute Gasteiger partial charge is 0.177 e. The van der Waals surface area contributed by atoms with Crippen LogP contribution in [-0.2, 0) is 20.5 Å². The Morgan fingerprint density at radius 3 is 2.75 bits per heavy atom. The van der Waals surface area contributed by atoms with E-state index in [4.69, 9.17) is 5.73 Å². The van der Waals surface area contributed by atoms with Crippen LogP contribution in [0.1, 0.15) is 17.5 Å². The highest BCUT2D eigenvalue weighted by Gasteiger charge is 2.17. The summed E-state index contributed by atoms with van der Waals surface area (Å²) in [5, 5.41) is 25.3. The summed E-state index contributed by atoms with van der Waals surface area (Å²) in [5.74, 6) is 0.912. The van der Waals surface area contributed by atoms with E-state index < -0.39 is 6.10 Å². The second-order valence-electron chi connectivity index (χ2n) is 3.52. The van der Waals surface area contributed by atoms with E-state index in [0.717, 1.165) is 0 Å². The van der Waals surface area contributed by atoms with E-state index >= 15 is 0 Å². The van der Waals surface area contributed by atoms with Crippen LogP contribution >= 0.6 is 0 Å². The SMILES string of the molecule is Cn1nnc(CC(O)c2cnn(C)c2N)n1. The number of nitrogen functional groups attached to an aromatic ring is 1. The van der Waals surface area contributed by atoms with Crippen molar-refractivity contribution < 1.29 is 5.11 Å². The number of rotatable bonds is 3. The van der Waals surface area contributed by atoms with Gasteiger partial charge in [-0.2, -0.15) is 9.90 Å². The molecular formula is C8H13N7O. The van der Waals surface area contributed by atoms with Gasteiger partial charge >= 0.3 is 0 Å². The monoisotopic (exact) mass is 223 g/mol. The van der Waals surface area contributed by atoms with E-state index in [0.29, 0.717) is 17.2 Å². The topological polar surface area (TPSA) is 108 Å². The number of aryl methyl sites for hydroxylation is 2. The van der Waals surface area contributed by atoms with Crippen molar-refractivity contribution in [2.45, 2.75) is 12.5 Å². The van der Waals surface area contributed by atoms with Crippen LogP contribution in [0.4, 0.5) is 5.82 Å². The highest BCUT2D eigenvalue weighted by atomic mass is 16.3. The summed E-state index contributed by atoms with van der Waals surface area (Å²) >= 11 is 0. The van der Waals surface area contributed by atoms with Crippen LogP contribution in [-0.4, -0.2) is 35.1 Å². The zero-order valence-corrected chi connectivity index (χ0v) is 9.07.